The average molecular weight is 569 g/mol. The van der Waals surface area contributed by atoms with Crippen molar-refractivity contribution in [2.24, 2.45) is 11.8 Å². The van der Waals surface area contributed by atoms with Crippen LogP contribution in [-0.4, -0.2) is 104 Å². The lowest BCUT2D eigenvalue weighted by Crippen LogP contribution is -2.48. The maximum absolute atomic E-state index is 13.2. The van der Waals surface area contributed by atoms with Crippen molar-refractivity contribution >= 4 is 11.9 Å². The van der Waals surface area contributed by atoms with Crippen LogP contribution in [0, 0.1) is 11.8 Å². The van der Waals surface area contributed by atoms with E-state index in [2.05, 4.69) is 15.6 Å². The van der Waals surface area contributed by atoms with Crippen LogP contribution in [-0.2, 0) is 19.1 Å². The number of hydrogen-bond donors (Lipinski definition) is 4. The van der Waals surface area contributed by atoms with Gasteiger partial charge in [0.05, 0.1) is 51.0 Å². The highest BCUT2D eigenvalue weighted by Crippen LogP contribution is 2.26. The summed E-state index contributed by atoms with van der Waals surface area (Å²) in [5.74, 6) is -0.544. The van der Waals surface area contributed by atoms with E-state index < -0.39 is 24.9 Å². The zero-order valence-corrected chi connectivity index (χ0v) is 23.3. The number of aliphatic hydroxyl groups excluding tert-OH is 1. The molecule has 1 unspecified atom stereocenters. The molecular weight excluding hydrogens is 523 g/mol. The molecule has 0 radical (unpaired) electrons. The highest BCUT2D eigenvalue weighted by Gasteiger charge is 2.31. The number of halogens is 1. The number of hydrogen-bond acceptors (Lipinski definition) is 9. The number of nitrogens with one attached hydrogen (secondary N) is 2. The number of piperidine rings is 2. The van der Waals surface area contributed by atoms with Gasteiger partial charge in [0.15, 0.2) is 0 Å². The number of amides is 1. The van der Waals surface area contributed by atoms with Gasteiger partial charge in [0.1, 0.15) is 25.3 Å². The van der Waals surface area contributed by atoms with Gasteiger partial charge in [-0.15, -0.1) is 0 Å². The second-order valence-corrected chi connectivity index (χ2v) is 10.5. The number of alkyl halides is 1. The molecule has 1 aromatic rings. The Kier molecular flexibility index (Phi) is 14.6. The van der Waals surface area contributed by atoms with Crippen LogP contribution in [0.3, 0.4) is 0 Å². The number of aliphatic carboxylic acids is 1. The SMILES string of the molecule is O=C(O)C[C@H](NC(=O)[C@@H]1CCCN(C(O)CCC2CCNCC2)C1)c1cncc(OCCOCCOCCF)c1. The maximum Gasteiger partial charge on any atom is 0.305 e. The number of rotatable bonds is 18. The molecule has 3 rings (SSSR count). The first-order chi connectivity index (χ1) is 19.5. The topological polar surface area (TPSA) is 142 Å². The van der Waals surface area contributed by atoms with E-state index in [-0.39, 0.29) is 31.5 Å². The molecule has 1 amide bonds. The van der Waals surface area contributed by atoms with Crippen molar-refractivity contribution in [3.63, 3.8) is 0 Å². The van der Waals surface area contributed by atoms with Gasteiger partial charge in [0.25, 0.3) is 0 Å². The first-order valence-electron chi connectivity index (χ1n) is 14.4. The molecule has 11 nitrogen and oxygen atoms in total. The number of pyridine rings is 1. The zero-order chi connectivity index (χ0) is 28.6. The summed E-state index contributed by atoms with van der Waals surface area (Å²) in [6.45, 7) is 3.92. The fourth-order valence-corrected chi connectivity index (χ4v) is 5.25. The Morgan fingerprint density at radius 1 is 1.12 bits per heavy atom. The zero-order valence-electron chi connectivity index (χ0n) is 23.3. The molecule has 2 aliphatic rings. The second-order valence-electron chi connectivity index (χ2n) is 10.5. The van der Waals surface area contributed by atoms with Gasteiger partial charge < -0.3 is 35.1 Å². The molecule has 2 aliphatic heterocycles. The Bertz CT molecular complexity index is 890. The molecule has 4 N–H and O–H groups in total. The number of ether oxygens (including phenoxy) is 3. The number of aromatic nitrogens is 1. The fraction of sp³-hybridized carbons (Fsp3) is 0.750. The summed E-state index contributed by atoms with van der Waals surface area (Å²) in [6, 6.07) is 0.897. The van der Waals surface area contributed by atoms with Gasteiger partial charge in [-0.25, -0.2) is 4.39 Å². The van der Waals surface area contributed by atoms with Gasteiger partial charge in [-0.3, -0.25) is 19.5 Å². The molecule has 0 aliphatic carbocycles. The third kappa shape index (κ3) is 11.6. The fourth-order valence-electron chi connectivity index (χ4n) is 5.25. The lowest BCUT2D eigenvalue weighted by atomic mass is 9.91. The quantitative estimate of drug-likeness (QED) is 0.194. The highest BCUT2D eigenvalue weighted by atomic mass is 19.1. The van der Waals surface area contributed by atoms with E-state index in [1.165, 1.54) is 12.4 Å². The van der Waals surface area contributed by atoms with E-state index in [1.807, 2.05) is 4.90 Å². The van der Waals surface area contributed by atoms with Crippen LogP contribution in [0.15, 0.2) is 18.5 Å². The minimum atomic E-state index is -1.04. The molecule has 40 heavy (non-hydrogen) atoms. The highest BCUT2D eigenvalue weighted by molar-refractivity contribution is 5.80. The van der Waals surface area contributed by atoms with Gasteiger partial charge in [-0.2, -0.15) is 0 Å². The van der Waals surface area contributed by atoms with Crippen molar-refractivity contribution in [3.8, 4) is 5.75 Å². The molecule has 3 atom stereocenters. The van der Waals surface area contributed by atoms with E-state index in [0.717, 1.165) is 45.3 Å². The van der Waals surface area contributed by atoms with Crippen molar-refractivity contribution in [3.05, 3.63) is 24.0 Å². The Balaban J connectivity index is 1.49. The van der Waals surface area contributed by atoms with Crippen LogP contribution < -0.4 is 15.4 Å². The molecule has 2 fully saturated rings. The predicted molar refractivity (Wildman–Crippen MR) is 146 cm³/mol. The summed E-state index contributed by atoms with van der Waals surface area (Å²) < 4.78 is 28.0. The summed E-state index contributed by atoms with van der Waals surface area (Å²) in [7, 11) is 0. The lowest BCUT2D eigenvalue weighted by Gasteiger charge is -2.36. The first kappa shape index (κ1) is 32.1. The molecule has 0 spiro atoms. The molecular formula is C28H45FN4O7. The molecule has 12 heteroatoms. The molecule has 226 valence electrons. The van der Waals surface area contributed by atoms with Gasteiger partial charge in [-0.05, 0) is 69.2 Å². The maximum atomic E-state index is 13.2. The lowest BCUT2D eigenvalue weighted by molar-refractivity contribution is -0.138. The van der Waals surface area contributed by atoms with Crippen LogP contribution in [0.5, 0.6) is 5.75 Å². The van der Waals surface area contributed by atoms with E-state index in [1.54, 1.807) is 6.07 Å². The van der Waals surface area contributed by atoms with E-state index in [0.29, 0.717) is 56.4 Å². The van der Waals surface area contributed by atoms with Crippen molar-refractivity contribution in [1.29, 1.82) is 0 Å². The van der Waals surface area contributed by atoms with E-state index in [9.17, 15) is 24.2 Å². The van der Waals surface area contributed by atoms with Crippen molar-refractivity contribution in [1.82, 2.24) is 20.5 Å². The molecule has 3 heterocycles. The van der Waals surface area contributed by atoms with Crippen LogP contribution in [0.25, 0.3) is 0 Å². The van der Waals surface area contributed by atoms with Crippen molar-refractivity contribution < 1.29 is 38.4 Å². The van der Waals surface area contributed by atoms with Crippen LogP contribution in [0.1, 0.15) is 56.6 Å². The first-order valence-corrected chi connectivity index (χ1v) is 14.4. The summed E-state index contributed by atoms with van der Waals surface area (Å²) >= 11 is 0. The Labute approximate surface area is 235 Å². The number of carbonyl (C=O) groups is 2. The third-order valence-corrected chi connectivity index (χ3v) is 7.46. The van der Waals surface area contributed by atoms with Crippen LogP contribution in [0.4, 0.5) is 4.39 Å². The Hall–Kier alpha value is -2.38. The number of carbonyl (C=O) groups excluding carboxylic acids is 1. The molecule has 1 aromatic heterocycles. The van der Waals surface area contributed by atoms with Crippen LogP contribution in [0.2, 0.25) is 0 Å². The number of carboxylic acids is 1. The largest absolute Gasteiger partial charge is 0.490 e. The molecule has 0 aromatic carbocycles. The minimum Gasteiger partial charge on any atom is -0.490 e. The number of nitrogens with zero attached hydrogens (tertiary/aromatic N) is 2. The van der Waals surface area contributed by atoms with Gasteiger partial charge >= 0.3 is 5.97 Å². The van der Waals surface area contributed by atoms with Crippen molar-refractivity contribution in [2.45, 2.75) is 57.2 Å². The minimum absolute atomic E-state index is 0.0476. The predicted octanol–water partition coefficient (Wildman–Crippen LogP) is 1.91. The third-order valence-electron chi connectivity index (χ3n) is 7.46. The monoisotopic (exact) mass is 568 g/mol. The number of carboxylic acid groups (broad SMARTS) is 1. The van der Waals surface area contributed by atoms with Crippen molar-refractivity contribution in [2.75, 3.05) is 65.9 Å². The Morgan fingerprint density at radius 3 is 2.62 bits per heavy atom. The van der Waals surface area contributed by atoms with E-state index >= 15 is 0 Å². The number of aliphatic hydroxyl groups is 1. The van der Waals surface area contributed by atoms with Crippen LogP contribution >= 0.6 is 0 Å². The molecule has 0 saturated carbocycles. The van der Waals surface area contributed by atoms with Gasteiger partial charge in [0.2, 0.25) is 5.91 Å². The molecule has 2 saturated heterocycles. The summed E-state index contributed by atoms with van der Waals surface area (Å²) in [4.78, 5) is 31.0. The second kappa shape index (κ2) is 18.1. The Morgan fingerprint density at radius 2 is 1.88 bits per heavy atom. The smallest absolute Gasteiger partial charge is 0.305 e. The summed E-state index contributed by atoms with van der Waals surface area (Å²) in [6.07, 6.45) is 7.57. The number of likely N-dealkylation sites (tertiary alicyclic amines) is 1. The normalized spacial score (nSPS) is 20.1. The van der Waals surface area contributed by atoms with Gasteiger partial charge in [0, 0.05) is 19.3 Å². The van der Waals surface area contributed by atoms with E-state index in [4.69, 9.17) is 14.2 Å². The summed E-state index contributed by atoms with van der Waals surface area (Å²) in [5, 5.41) is 26.6. The molecule has 0 bridgehead atoms. The standard InChI is InChI=1S/C28H45FN4O7/c29-7-11-38-12-13-39-14-15-40-24-16-23(18-31-19-24)25(17-27(35)36)32-28(37)22-2-1-10-33(20-22)26(34)4-3-21-5-8-30-9-6-21/h16,18-19,21-22,25-26,30,34H,1-15,17,20H2,(H,32,37)(H,35,36)/t22-,25+,26?/m1/s1. The summed E-state index contributed by atoms with van der Waals surface area (Å²) in [5.41, 5.74) is 0.531. The average Bonchev–Trinajstić information content (AvgIpc) is 2.97. The van der Waals surface area contributed by atoms with Gasteiger partial charge in [-0.1, -0.05) is 0 Å².